The summed E-state index contributed by atoms with van der Waals surface area (Å²) in [7, 11) is 0. The molecular weight excluding hydrogens is 494 g/mol. The van der Waals surface area contributed by atoms with Crippen LogP contribution in [0, 0.1) is 0 Å². The van der Waals surface area contributed by atoms with Crippen molar-refractivity contribution in [3.05, 3.63) is 118 Å². The van der Waals surface area contributed by atoms with Gasteiger partial charge in [0.2, 0.25) is 0 Å². The summed E-state index contributed by atoms with van der Waals surface area (Å²) in [6, 6.07) is 21.6. The van der Waals surface area contributed by atoms with Crippen LogP contribution in [-0.2, 0) is 19.0 Å². The molecule has 0 saturated carbocycles. The van der Waals surface area contributed by atoms with Crippen molar-refractivity contribution in [1.29, 1.82) is 0 Å². The number of carbonyl (C=O) groups is 4. The Hall–Kier alpha value is -4.99. The summed E-state index contributed by atoms with van der Waals surface area (Å²) in [6.45, 7) is -0.707. The zero-order valence-corrected chi connectivity index (χ0v) is 19.9. The van der Waals surface area contributed by atoms with Crippen LogP contribution >= 0.6 is 0 Å². The van der Waals surface area contributed by atoms with Gasteiger partial charge in [0, 0.05) is 4.91 Å². The molecule has 0 unspecified atom stereocenters. The predicted molar refractivity (Wildman–Crippen MR) is 133 cm³/mol. The van der Waals surface area contributed by atoms with Crippen molar-refractivity contribution in [3.8, 4) is 0 Å². The molecule has 3 aromatic rings. The van der Waals surface area contributed by atoms with E-state index in [-0.39, 0.29) is 23.0 Å². The molecule has 0 aromatic heterocycles. The SMILES string of the molecule is [N-]=[N+]=N[C@@H](C=O)[C@@H](OC(=O)c1ccccc1)[C@H](OC(=O)c1ccccc1)[C@H](O)COC(=O)c1ccccc1. The van der Waals surface area contributed by atoms with Gasteiger partial charge in [0.05, 0.1) is 16.7 Å². The number of hydrogen-bond donors (Lipinski definition) is 1. The van der Waals surface area contributed by atoms with Gasteiger partial charge < -0.3 is 24.1 Å². The lowest BCUT2D eigenvalue weighted by Gasteiger charge is -2.31. The number of ether oxygens (including phenoxy) is 3. The van der Waals surface area contributed by atoms with Gasteiger partial charge in [-0.15, -0.1) is 0 Å². The van der Waals surface area contributed by atoms with Crippen molar-refractivity contribution in [3.63, 3.8) is 0 Å². The van der Waals surface area contributed by atoms with Gasteiger partial charge in [-0.1, -0.05) is 59.7 Å². The van der Waals surface area contributed by atoms with E-state index in [0.29, 0.717) is 0 Å². The van der Waals surface area contributed by atoms with Crippen molar-refractivity contribution >= 4 is 24.2 Å². The van der Waals surface area contributed by atoms with Gasteiger partial charge in [0.25, 0.3) is 0 Å². The Bertz CT molecular complexity index is 1280. The Morgan fingerprint density at radius 1 is 0.763 bits per heavy atom. The third-order valence-corrected chi connectivity index (χ3v) is 5.26. The van der Waals surface area contributed by atoms with Crippen LogP contribution in [0.5, 0.6) is 0 Å². The molecule has 0 amide bonds. The van der Waals surface area contributed by atoms with Crippen LogP contribution in [0.15, 0.2) is 96.1 Å². The fourth-order valence-electron chi connectivity index (χ4n) is 3.37. The first kappa shape index (κ1) is 27.6. The minimum atomic E-state index is -1.79. The third kappa shape index (κ3) is 7.50. The Labute approximate surface area is 217 Å². The summed E-state index contributed by atoms with van der Waals surface area (Å²) < 4.78 is 16.1. The molecule has 0 aliphatic rings. The van der Waals surface area contributed by atoms with E-state index in [1.807, 2.05) is 0 Å². The van der Waals surface area contributed by atoms with Crippen molar-refractivity contribution in [2.75, 3.05) is 6.61 Å². The average molecular weight is 517 g/mol. The van der Waals surface area contributed by atoms with Crippen LogP contribution < -0.4 is 0 Å². The van der Waals surface area contributed by atoms with Crippen molar-refractivity contribution in [1.82, 2.24) is 0 Å². The summed E-state index contributed by atoms with van der Waals surface area (Å²) in [6.07, 6.45) is -5.15. The lowest BCUT2D eigenvalue weighted by molar-refractivity contribution is -0.121. The van der Waals surface area contributed by atoms with E-state index in [1.165, 1.54) is 36.4 Å². The fraction of sp³-hybridized carbons (Fsp3) is 0.185. The molecule has 0 heterocycles. The molecule has 0 saturated heterocycles. The topological polar surface area (TPSA) is 165 Å². The molecule has 0 aliphatic carbocycles. The summed E-state index contributed by atoms with van der Waals surface area (Å²) in [4.78, 5) is 52.5. The summed E-state index contributed by atoms with van der Waals surface area (Å²) in [5, 5.41) is 14.3. The van der Waals surface area contributed by atoms with Gasteiger partial charge in [0.1, 0.15) is 25.0 Å². The third-order valence-electron chi connectivity index (χ3n) is 5.26. The summed E-state index contributed by atoms with van der Waals surface area (Å²) >= 11 is 0. The number of carbonyl (C=O) groups excluding carboxylic acids is 4. The van der Waals surface area contributed by atoms with Crippen molar-refractivity contribution in [2.24, 2.45) is 5.11 Å². The second-order valence-electron chi connectivity index (χ2n) is 7.84. The molecule has 0 radical (unpaired) electrons. The van der Waals surface area contributed by atoms with E-state index in [4.69, 9.17) is 19.7 Å². The van der Waals surface area contributed by atoms with Crippen molar-refractivity contribution in [2.45, 2.75) is 24.4 Å². The number of rotatable bonds is 12. The van der Waals surface area contributed by atoms with Crippen LogP contribution in [0.2, 0.25) is 0 Å². The Kier molecular flexibility index (Phi) is 10.1. The fourth-order valence-corrected chi connectivity index (χ4v) is 3.37. The highest BCUT2D eigenvalue weighted by atomic mass is 16.6. The smallest absolute Gasteiger partial charge is 0.338 e. The minimum absolute atomic E-state index is 0.0845. The first-order valence-electron chi connectivity index (χ1n) is 11.4. The normalized spacial score (nSPS) is 13.5. The van der Waals surface area contributed by atoms with E-state index < -0.39 is 48.9 Å². The number of hydrogen-bond acceptors (Lipinski definition) is 9. The highest BCUT2D eigenvalue weighted by Gasteiger charge is 2.41. The van der Waals surface area contributed by atoms with Gasteiger partial charge in [0.15, 0.2) is 12.2 Å². The molecule has 11 nitrogen and oxygen atoms in total. The summed E-state index contributed by atoms with van der Waals surface area (Å²) in [5.41, 5.74) is 9.34. The minimum Gasteiger partial charge on any atom is -0.459 e. The summed E-state index contributed by atoms with van der Waals surface area (Å²) in [5.74, 6) is -2.65. The number of azide groups is 1. The molecule has 0 spiro atoms. The maximum Gasteiger partial charge on any atom is 0.338 e. The van der Waals surface area contributed by atoms with Gasteiger partial charge in [-0.05, 0) is 41.9 Å². The lowest BCUT2D eigenvalue weighted by atomic mass is 10.0. The molecule has 0 fully saturated rings. The largest absolute Gasteiger partial charge is 0.459 e. The standard InChI is InChI=1S/C27H23N3O8/c28-30-29-21(16-31)23(37-26(34)19-12-6-2-7-13-19)24(38-27(35)20-14-8-3-9-15-20)22(32)17-36-25(33)18-10-4-1-5-11-18/h1-16,21-24,32H,17H2/t21-,22+,23+,24+/m0/s1. The molecule has 11 heteroatoms. The van der Waals surface area contributed by atoms with Gasteiger partial charge in [-0.25, -0.2) is 14.4 Å². The first-order chi connectivity index (χ1) is 18.4. The molecule has 3 aromatic carbocycles. The van der Waals surface area contributed by atoms with Crippen LogP contribution in [0.25, 0.3) is 10.4 Å². The first-order valence-corrected chi connectivity index (χ1v) is 11.4. The molecule has 1 N–H and O–H groups in total. The van der Waals surface area contributed by atoms with E-state index in [1.54, 1.807) is 54.6 Å². The lowest BCUT2D eigenvalue weighted by Crippen LogP contribution is -2.51. The van der Waals surface area contributed by atoms with E-state index in [0.717, 1.165) is 0 Å². The molecule has 0 aliphatic heterocycles. The zero-order valence-electron chi connectivity index (χ0n) is 19.9. The van der Waals surface area contributed by atoms with E-state index >= 15 is 0 Å². The Morgan fingerprint density at radius 2 is 1.18 bits per heavy atom. The number of aldehydes is 1. The van der Waals surface area contributed by atoms with E-state index in [2.05, 4.69) is 10.0 Å². The monoisotopic (exact) mass is 517 g/mol. The predicted octanol–water partition coefficient (Wildman–Crippen LogP) is 3.53. The average Bonchev–Trinajstić information content (AvgIpc) is 2.97. The van der Waals surface area contributed by atoms with Crippen LogP contribution in [0.4, 0.5) is 0 Å². The van der Waals surface area contributed by atoms with Crippen LogP contribution in [-0.4, -0.2) is 60.3 Å². The highest BCUT2D eigenvalue weighted by molar-refractivity contribution is 5.91. The molecule has 4 atom stereocenters. The van der Waals surface area contributed by atoms with Crippen LogP contribution in [0.1, 0.15) is 31.1 Å². The molecular formula is C27H23N3O8. The Morgan fingerprint density at radius 3 is 1.61 bits per heavy atom. The second-order valence-corrected chi connectivity index (χ2v) is 7.84. The molecule has 3 rings (SSSR count). The number of aliphatic hydroxyl groups excluding tert-OH is 1. The maximum atomic E-state index is 12.9. The maximum absolute atomic E-state index is 12.9. The number of aliphatic hydroxyl groups is 1. The van der Waals surface area contributed by atoms with Gasteiger partial charge >= 0.3 is 17.9 Å². The molecule has 0 bridgehead atoms. The number of esters is 3. The van der Waals surface area contributed by atoms with E-state index in [9.17, 15) is 24.3 Å². The zero-order chi connectivity index (χ0) is 27.3. The highest BCUT2D eigenvalue weighted by Crippen LogP contribution is 2.20. The number of benzene rings is 3. The van der Waals surface area contributed by atoms with Gasteiger partial charge in [-0.3, -0.25) is 0 Å². The van der Waals surface area contributed by atoms with Crippen LogP contribution in [0.3, 0.4) is 0 Å². The van der Waals surface area contributed by atoms with Crippen molar-refractivity contribution < 1.29 is 38.5 Å². The number of nitrogens with zero attached hydrogens (tertiary/aromatic N) is 3. The Balaban J connectivity index is 1.92. The molecule has 194 valence electrons. The molecule has 38 heavy (non-hydrogen) atoms. The van der Waals surface area contributed by atoms with Gasteiger partial charge in [-0.2, -0.15) is 0 Å². The quantitative estimate of drug-likeness (QED) is 0.0951. The second kappa shape index (κ2) is 13.9.